The molecule has 4 aliphatic rings. The van der Waals surface area contributed by atoms with Gasteiger partial charge in [0, 0.05) is 23.7 Å². The van der Waals surface area contributed by atoms with Crippen LogP contribution >= 0.6 is 0 Å². The number of rotatable bonds is 4. The molecule has 3 fully saturated rings. The van der Waals surface area contributed by atoms with Gasteiger partial charge in [-0.25, -0.2) is 13.6 Å². The first-order valence-corrected chi connectivity index (χ1v) is 10.9. The van der Waals surface area contributed by atoms with E-state index < -0.39 is 47.8 Å². The van der Waals surface area contributed by atoms with E-state index in [1.807, 2.05) is 6.92 Å². The summed E-state index contributed by atoms with van der Waals surface area (Å²) in [4.78, 5) is 35.9. The molecule has 0 radical (unpaired) electrons. The fraction of sp³-hybridized carbons (Fsp3) is 0.783. The van der Waals surface area contributed by atoms with Gasteiger partial charge in [0.05, 0.1) is 0 Å². The van der Waals surface area contributed by atoms with Crippen molar-refractivity contribution in [2.45, 2.75) is 70.6 Å². The zero-order valence-corrected chi connectivity index (χ0v) is 17.6. The summed E-state index contributed by atoms with van der Waals surface area (Å²) in [6.07, 6.45) is 2.56. The third-order valence-electron chi connectivity index (χ3n) is 8.94. The lowest BCUT2D eigenvalue weighted by molar-refractivity contribution is -0.164. The SMILES string of the molecule is C[C@]12CC[C@@]3(F)[C@@H](C[C@H](F)C4=CC(=O)CC[C@@]43C)[C@@H]1CC[C@@H]2C(=O)COC(=O)CO. The number of aliphatic hydroxyl groups is 1. The van der Waals surface area contributed by atoms with Crippen LogP contribution in [0, 0.1) is 28.6 Å². The van der Waals surface area contributed by atoms with Crippen molar-refractivity contribution in [3.05, 3.63) is 11.6 Å². The topological polar surface area (TPSA) is 80.7 Å². The third kappa shape index (κ3) is 2.91. The molecule has 0 unspecified atom stereocenters. The van der Waals surface area contributed by atoms with E-state index in [4.69, 9.17) is 9.84 Å². The number of ketones is 2. The summed E-state index contributed by atoms with van der Waals surface area (Å²) < 4.78 is 36.8. The number of hydrogen-bond acceptors (Lipinski definition) is 5. The summed E-state index contributed by atoms with van der Waals surface area (Å²) in [6.45, 7) is 2.60. The number of allylic oxidation sites excluding steroid dienone is 1. The van der Waals surface area contributed by atoms with Crippen molar-refractivity contribution in [2.24, 2.45) is 28.6 Å². The minimum atomic E-state index is -1.59. The summed E-state index contributed by atoms with van der Waals surface area (Å²) in [5.74, 6) is -2.18. The van der Waals surface area contributed by atoms with Crippen molar-refractivity contribution >= 4 is 17.5 Å². The Kier molecular flexibility index (Phi) is 5.19. The Morgan fingerprint density at radius 3 is 2.63 bits per heavy atom. The Labute approximate surface area is 175 Å². The lowest BCUT2D eigenvalue weighted by atomic mass is 9.45. The van der Waals surface area contributed by atoms with Crippen LogP contribution < -0.4 is 0 Å². The van der Waals surface area contributed by atoms with Crippen LogP contribution in [0.1, 0.15) is 58.8 Å². The normalized spacial score (nSPS) is 45.1. The van der Waals surface area contributed by atoms with Crippen molar-refractivity contribution in [1.29, 1.82) is 0 Å². The van der Waals surface area contributed by atoms with Crippen molar-refractivity contribution < 1.29 is 33.0 Å². The van der Waals surface area contributed by atoms with E-state index in [1.54, 1.807) is 6.92 Å². The highest BCUT2D eigenvalue weighted by atomic mass is 19.1. The fourth-order valence-electron chi connectivity index (χ4n) is 7.26. The van der Waals surface area contributed by atoms with Crippen LogP contribution in [-0.4, -0.2) is 47.7 Å². The van der Waals surface area contributed by atoms with Crippen LogP contribution in [0.25, 0.3) is 0 Å². The highest BCUT2D eigenvalue weighted by Gasteiger charge is 2.69. The molecule has 4 rings (SSSR count). The molecule has 0 heterocycles. The summed E-state index contributed by atoms with van der Waals surface area (Å²) >= 11 is 0. The molecule has 30 heavy (non-hydrogen) atoms. The van der Waals surface area contributed by atoms with E-state index in [-0.39, 0.29) is 42.7 Å². The van der Waals surface area contributed by atoms with E-state index in [9.17, 15) is 14.4 Å². The van der Waals surface area contributed by atoms with E-state index >= 15 is 8.78 Å². The average Bonchev–Trinajstić information content (AvgIpc) is 3.06. The maximum Gasteiger partial charge on any atom is 0.332 e. The van der Waals surface area contributed by atoms with Crippen LogP contribution in [0.4, 0.5) is 8.78 Å². The molecule has 0 saturated heterocycles. The number of fused-ring (bicyclic) bond motifs is 5. The summed E-state index contributed by atoms with van der Waals surface area (Å²) in [7, 11) is 0. The van der Waals surface area contributed by atoms with Gasteiger partial charge in [-0.05, 0) is 61.5 Å². The molecular weight excluding hydrogens is 394 g/mol. The zero-order chi connectivity index (χ0) is 21.9. The Hall–Kier alpha value is -1.63. The number of esters is 1. The van der Waals surface area contributed by atoms with Crippen molar-refractivity contribution in [3.8, 4) is 0 Å². The molecule has 166 valence electrons. The van der Waals surface area contributed by atoms with Gasteiger partial charge < -0.3 is 9.84 Å². The predicted octanol–water partition coefficient (Wildman–Crippen LogP) is 3.28. The number of hydrogen-bond donors (Lipinski definition) is 1. The largest absolute Gasteiger partial charge is 0.456 e. The molecule has 7 atom stereocenters. The monoisotopic (exact) mass is 424 g/mol. The van der Waals surface area contributed by atoms with Crippen LogP contribution in [0.3, 0.4) is 0 Å². The molecule has 0 aromatic carbocycles. The fourth-order valence-corrected chi connectivity index (χ4v) is 7.26. The Bertz CT molecular complexity index is 809. The van der Waals surface area contributed by atoms with E-state index in [1.165, 1.54) is 6.08 Å². The number of carbonyl (C=O) groups is 3. The standard InChI is InChI=1S/C23H30F2O5/c1-21-7-8-23(25)16(10-18(24)17-9-13(27)5-6-22(17,23)2)14(21)3-4-15(21)19(28)12-30-20(29)11-26/h9,14-16,18,26H,3-8,10-12H2,1-2H3/t14-,15+,16-,18-,21-,22-,23+/m0/s1. The molecule has 0 aromatic heterocycles. The summed E-state index contributed by atoms with van der Waals surface area (Å²) in [5, 5.41) is 8.78. The average molecular weight is 424 g/mol. The lowest BCUT2D eigenvalue weighted by Gasteiger charge is -2.61. The van der Waals surface area contributed by atoms with Gasteiger partial charge in [0.2, 0.25) is 0 Å². The molecule has 4 aliphatic carbocycles. The van der Waals surface area contributed by atoms with Crippen LogP contribution in [0.2, 0.25) is 0 Å². The smallest absolute Gasteiger partial charge is 0.332 e. The quantitative estimate of drug-likeness (QED) is 0.701. The molecular formula is C23H30F2O5. The second-order valence-corrected chi connectivity index (χ2v) is 10.1. The van der Waals surface area contributed by atoms with Crippen molar-refractivity contribution in [1.82, 2.24) is 0 Å². The number of carbonyl (C=O) groups excluding carboxylic acids is 3. The third-order valence-corrected chi connectivity index (χ3v) is 8.94. The Morgan fingerprint density at radius 2 is 1.93 bits per heavy atom. The molecule has 1 N–H and O–H groups in total. The molecule has 0 aliphatic heterocycles. The molecule has 0 bridgehead atoms. The zero-order valence-electron chi connectivity index (χ0n) is 17.6. The Morgan fingerprint density at radius 1 is 1.20 bits per heavy atom. The first-order valence-electron chi connectivity index (χ1n) is 10.9. The molecule has 5 nitrogen and oxygen atoms in total. The van der Waals surface area contributed by atoms with Gasteiger partial charge in [0.15, 0.2) is 11.6 Å². The van der Waals surface area contributed by atoms with Gasteiger partial charge in [0.25, 0.3) is 0 Å². The van der Waals surface area contributed by atoms with Crippen LogP contribution in [0.15, 0.2) is 11.6 Å². The molecule has 7 heteroatoms. The van der Waals surface area contributed by atoms with Crippen molar-refractivity contribution in [3.63, 3.8) is 0 Å². The number of alkyl halides is 2. The number of aliphatic hydroxyl groups excluding tert-OH is 1. The first-order chi connectivity index (χ1) is 14.1. The number of Topliss-reactive ketones (excluding diaryl/α,β-unsaturated/α-hetero) is 1. The Balaban J connectivity index is 1.61. The van der Waals surface area contributed by atoms with Crippen molar-refractivity contribution in [2.75, 3.05) is 13.2 Å². The predicted molar refractivity (Wildman–Crippen MR) is 104 cm³/mol. The number of ether oxygens (including phenoxy) is 1. The first kappa shape index (κ1) is 21.6. The minimum absolute atomic E-state index is 0.0475. The van der Waals surface area contributed by atoms with E-state index in [2.05, 4.69) is 0 Å². The minimum Gasteiger partial charge on any atom is -0.456 e. The van der Waals surface area contributed by atoms with Gasteiger partial charge >= 0.3 is 5.97 Å². The van der Waals surface area contributed by atoms with Gasteiger partial charge in [0.1, 0.15) is 25.1 Å². The maximum atomic E-state index is 16.8. The summed E-state index contributed by atoms with van der Waals surface area (Å²) in [6, 6.07) is 0. The second kappa shape index (κ2) is 7.21. The van der Waals surface area contributed by atoms with E-state index in [0.29, 0.717) is 31.3 Å². The van der Waals surface area contributed by atoms with Gasteiger partial charge in [-0.15, -0.1) is 0 Å². The van der Waals surface area contributed by atoms with Gasteiger partial charge in [-0.2, -0.15) is 0 Å². The van der Waals surface area contributed by atoms with Crippen LogP contribution in [0.5, 0.6) is 0 Å². The summed E-state index contributed by atoms with van der Waals surface area (Å²) in [5.41, 5.74) is -2.72. The molecule has 0 amide bonds. The van der Waals surface area contributed by atoms with Crippen LogP contribution in [-0.2, 0) is 19.1 Å². The van der Waals surface area contributed by atoms with Gasteiger partial charge in [-0.1, -0.05) is 13.8 Å². The maximum absolute atomic E-state index is 16.8. The highest BCUT2D eigenvalue weighted by molar-refractivity contribution is 5.92. The molecule has 0 spiro atoms. The molecule has 3 saturated carbocycles. The second-order valence-electron chi connectivity index (χ2n) is 10.1. The highest BCUT2D eigenvalue weighted by Crippen LogP contribution is 2.69. The van der Waals surface area contributed by atoms with E-state index in [0.717, 1.165) is 0 Å². The lowest BCUT2D eigenvalue weighted by Crippen LogP contribution is -2.63. The number of halogens is 2. The van der Waals surface area contributed by atoms with Gasteiger partial charge in [-0.3, -0.25) is 9.59 Å². The molecule has 0 aromatic rings.